The van der Waals surface area contributed by atoms with Crippen LogP contribution in [0.15, 0.2) is 12.1 Å². The quantitative estimate of drug-likeness (QED) is 0.932. The minimum atomic E-state index is -0.858. The fraction of sp³-hybridized carbons (Fsp3) is 0.533. The number of hydrogen-bond acceptors (Lipinski definition) is 3. The third kappa shape index (κ3) is 2.38. The number of carbonyl (C=O) groups is 1. The average molecular weight is 297 g/mol. The van der Waals surface area contributed by atoms with Crippen molar-refractivity contribution in [2.45, 2.75) is 25.7 Å². The third-order valence-corrected chi connectivity index (χ3v) is 4.35. The van der Waals surface area contributed by atoms with Gasteiger partial charge in [-0.15, -0.1) is 0 Å². The van der Waals surface area contributed by atoms with E-state index in [9.17, 15) is 9.90 Å². The lowest BCUT2D eigenvalue weighted by Crippen LogP contribution is -2.41. The van der Waals surface area contributed by atoms with Crippen LogP contribution in [0.1, 0.15) is 24.0 Å². The van der Waals surface area contributed by atoms with E-state index in [2.05, 4.69) is 0 Å². The van der Waals surface area contributed by atoms with E-state index < -0.39 is 11.4 Å². The Labute approximate surface area is 122 Å². The first-order valence-corrected chi connectivity index (χ1v) is 7.24. The van der Waals surface area contributed by atoms with E-state index in [-0.39, 0.29) is 6.61 Å². The molecule has 2 heterocycles. The summed E-state index contributed by atoms with van der Waals surface area (Å²) in [7, 11) is 0. The smallest absolute Gasteiger partial charge is 0.312 e. The predicted molar refractivity (Wildman–Crippen MR) is 74.5 cm³/mol. The Morgan fingerprint density at radius 1 is 1.40 bits per heavy atom. The minimum Gasteiger partial charge on any atom is -0.493 e. The molecule has 108 valence electrons. The first-order valence-electron chi connectivity index (χ1n) is 6.86. The molecule has 4 nitrogen and oxygen atoms in total. The molecule has 0 aliphatic carbocycles. The van der Waals surface area contributed by atoms with E-state index in [1.165, 1.54) is 0 Å². The number of halogens is 1. The maximum Gasteiger partial charge on any atom is 0.312 e. The van der Waals surface area contributed by atoms with Crippen molar-refractivity contribution in [1.82, 2.24) is 0 Å². The van der Waals surface area contributed by atoms with Gasteiger partial charge < -0.3 is 14.6 Å². The van der Waals surface area contributed by atoms with Gasteiger partial charge in [0, 0.05) is 18.1 Å². The second-order valence-corrected chi connectivity index (χ2v) is 6.01. The zero-order chi connectivity index (χ0) is 14.2. The molecule has 0 aromatic heterocycles. The molecule has 0 radical (unpaired) electrons. The van der Waals surface area contributed by atoms with Gasteiger partial charge in [0.25, 0.3) is 0 Å². The molecule has 0 spiro atoms. The summed E-state index contributed by atoms with van der Waals surface area (Å²) in [4.78, 5) is 11.7. The first-order chi connectivity index (χ1) is 9.61. The van der Waals surface area contributed by atoms with Crippen LogP contribution in [0, 0.1) is 5.41 Å². The van der Waals surface area contributed by atoms with E-state index >= 15 is 0 Å². The first kappa shape index (κ1) is 13.7. The monoisotopic (exact) mass is 296 g/mol. The summed E-state index contributed by atoms with van der Waals surface area (Å²) in [5.41, 5.74) is 1.10. The average Bonchev–Trinajstić information content (AvgIpc) is 2.88. The summed E-state index contributed by atoms with van der Waals surface area (Å²) in [5, 5.41) is 10.3. The van der Waals surface area contributed by atoms with Gasteiger partial charge >= 0.3 is 5.97 Å². The van der Waals surface area contributed by atoms with Gasteiger partial charge in [-0.2, -0.15) is 0 Å². The van der Waals surface area contributed by atoms with Crippen LogP contribution in [-0.2, 0) is 22.4 Å². The van der Waals surface area contributed by atoms with Crippen molar-refractivity contribution in [2.24, 2.45) is 5.41 Å². The molecule has 0 bridgehead atoms. The molecule has 0 saturated carbocycles. The van der Waals surface area contributed by atoms with Gasteiger partial charge in [-0.3, -0.25) is 4.79 Å². The fourth-order valence-electron chi connectivity index (χ4n) is 3.08. The lowest BCUT2D eigenvalue weighted by Gasteiger charge is -2.33. The van der Waals surface area contributed by atoms with Gasteiger partial charge in [-0.05, 0) is 42.5 Å². The lowest BCUT2D eigenvalue weighted by molar-refractivity contribution is -0.157. The number of rotatable bonds is 3. The summed E-state index contributed by atoms with van der Waals surface area (Å²) >= 11 is 6.14. The summed E-state index contributed by atoms with van der Waals surface area (Å²) in [6, 6.07) is 3.73. The highest BCUT2D eigenvalue weighted by molar-refractivity contribution is 6.30. The van der Waals surface area contributed by atoms with Gasteiger partial charge in [0.1, 0.15) is 5.75 Å². The second-order valence-electron chi connectivity index (χ2n) is 5.57. The van der Waals surface area contributed by atoms with Crippen LogP contribution in [0.4, 0.5) is 0 Å². The van der Waals surface area contributed by atoms with Crippen LogP contribution in [-0.4, -0.2) is 30.9 Å². The van der Waals surface area contributed by atoms with Crippen LogP contribution in [0.25, 0.3) is 0 Å². The number of fused-ring (bicyclic) bond motifs is 1. The molecule has 3 rings (SSSR count). The molecule has 1 unspecified atom stereocenters. The van der Waals surface area contributed by atoms with E-state index in [4.69, 9.17) is 21.1 Å². The van der Waals surface area contributed by atoms with Gasteiger partial charge in [0.05, 0.1) is 18.6 Å². The van der Waals surface area contributed by atoms with Crippen molar-refractivity contribution in [2.75, 3.05) is 19.8 Å². The zero-order valence-electron chi connectivity index (χ0n) is 11.2. The maximum absolute atomic E-state index is 11.7. The van der Waals surface area contributed by atoms with Crippen LogP contribution < -0.4 is 4.74 Å². The molecule has 0 amide bonds. The van der Waals surface area contributed by atoms with Crippen molar-refractivity contribution in [3.63, 3.8) is 0 Å². The molecule has 20 heavy (non-hydrogen) atoms. The standard InChI is InChI=1S/C15H17ClO4/c16-12-6-10-2-5-20-13(10)11(7-12)8-15(14(17)18)3-1-4-19-9-15/h6-7H,1-5,8-9H2,(H,17,18). The highest BCUT2D eigenvalue weighted by Crippen LogP contribution is 2.39. The normalized spacial score (nSPS) is 25.1. The van der Waals surface area contributed by atoms with Crippen molar-refractivity contribution in [3.05, 3.63) is 28.3 Å². The van der Waals surface area contributed by atoms with Crippen molar-refractivity contribution in [1.29, 1.82) is 0 Å². The number of hydrogen-bond donors (Lipinski definition) is 1. The molecule has 1 saturated heterocycles. The molecule has 1 fully saturated rings. The predicted octanol–water partition coefficient (Wildman–Crippen LogP) is 2.70. The molecular formula is C15H17ClO4. The Balaban J connectivity index is 1.95. The highest BCUT2D eigenvalue weighted by atomic mass is 35.5. The Morgan fingerprint density at radius 2 is 2.25 bits per heavy atom. The second kappa shape index (κ2) is 5.26. The van der Waals surface area contributed by atoms with Crippen molar-refractivity contribution < 1.29 is 19.4 Å². The number of ether oxygens (including phenoxy) is 2. The zero-order valence-corrected chi connectivity index (χ0v) is 11.9. The molecular weight excluding hydrogens is 280 g/mol. The molecule has 2 aliphatic rings. The summed E-state index contributed by atoms with van der Waals surface area (Å²) in [6.45, 7) is 1.53. The number of carboxylic acid groups (broad SMARTS) is 1. The van der Waals surface area contributed by atoms with E-state index in [0.29, 0.717) is 31.1 Å². The largest absolute Gasteiger partial charge is 0.493 e. The number of benzene rings is 1. The van der Waals surface area contributed by atoms with E-state index in [0.717, 1.165) is 29.7 Å². The molecule has 2 aliphatic heterocycles. The lowest BCUT2D eigenvalue weighted by atomic mass is 9.77. The Bertz CT molecular complexity index is 535. The highest BCUT2D eigenvalue weighted by Gasteiger charge is 2.41. The summed E-state index contributed by atoms with van der Waals surface area (Å²) < 4.78 is 11.1. The third-order valence-electron chi connectivity index (χ3n) is 4.13. The maximum atomic E-state index is 11.7. The van der Waals surface area contributed by atoms with Crippen LogP contribution >= 0.6 is 11.6 Å². The van der Waals surface area contributed by atoms with Crippen molar-refractivity contribution >= 4 is 17.6 Å². The number of carboxylic acids is 1. The topological polar surface area (TPSA) is 55.8 Å². The summed E-state index contributed by atoms with van der Waals surface area (Å²) in [6.07, 6.45) is 2.64. The minimum absolute atomic E-state index is 0.254. The van der Waals surface area contributed by atoms with Gasteiger partial charge in [0.2, 0.25) is 0 Å². The van der Waals surface area contributed by atoms with Crippen LogP contribution in [0.2, 0.25) is 5.02 Å². The van der Waals surface area contributed by atoms with E-state index in [1.807, 2.05) is 12.1 Å². The van der Waals surface area contributed by atoms with Crippen molar-refractivity contribution in [3.8, 4) is 5.75 Å². The van der Waals surface area contributed by atoms with Crippen LogP contribution in [0.3, 0.4) is 0 Å². The summed E-state index contributed by atoms with van der Waals surface area (Å²) in [5.74, 6) is 0.0181. The van der Waals surface area contributed by atoms with Gasteiger partial charge in [-0.25, -0.2) is 0 Å². The molecule has 1 aromatic carbocycles. The molecule has 1 N–H and O–H groups in total. The number of aliphatic carboxylic acids is 1. The SMILES string of the molecule is O=C(O)C1(Cc2cc(Cl)cc3c2OCC3)CCCOC1. The van der Waals surface area contributed by atoms with E-state index in [1.54, 1.807) is 0 Å². The molecule has 1 atom stereocenters. The van der Waals surface area contributed by atoms with Gasteiger partial charge in [0.15, 0.2) is 0 Å². The Morgan fingerprint density at radius 3 is 2.95 bits per heavy atom. The van der Waals surface area contributed by atoms with Crippen LogP contribution in [0.5, 0.6) is 5.75 Å². The molecule has 5 heteroatoms. The Kier molecular flexibility index (Phi) is 3.61. The van der Waals surface area contributed by atoms with Gasteiger partial charge in [-0.1, -0.05) is 11.6 Å². The fourth-order valence-corrected chi connectivity index (χ4v) is 3.34. The molecule has 1 aromatic rings. The Hall–Kier alpha value is -1.26.